The van der Waals surface area contributed by atoms with Gasteiger partial charge in [-0.25, -0.2) is 0 Å². The molecule has 0 aromatic rings. The highest BCUT2D eigenvalue weighted by atomic mass is 32.2. The van der Waals surface area contributed by atoms with Crippen LogP contribution < -0.4 is 5.73 Å². The zero-order valence-corrected chi connectivity index (χ0v) is 10.1. The van der Waals surface area contributed by atoms with E-state index in [9.17, 15) is 0 Å². The fraction of sp³-hybridized carbons (Fsp3) is 0.231. The van der Waals surface area contributed by atoms with E-state index in [0.29, 0.717) is 17.0 Å². The number of amidine groups is 1. The topological polar surface area (TPSA) is 50.7 Å². The molecule has 3 aliphatic rings. The Kier molecular flexibility index (Phi) is 2.73. The summed E-state index contributed by atoms with van der Waals surface area (Å²) in [7, 11) is 0. The van der Waals surface area contributed by atoms with E-state index in [1.54, 1.807) is 11.8 Å². The zero-order chi connectivity index (χ0) is 11.7. The van der Waals surface area contributed by atoms with Gasteiger partial charge in [-0.2, -0.15) is 5.10 Å². The molecule has 4 heteroatoms. The van der Waals surface area contributed by atoms with Crippen molar-refractivity contribution >= 4 is 22.6 Å². The number of nitrogens with two attached hydrogens (primary N) is 1. The summed E-state index contributed by atoms with van der Waals surface area (Å²) < 4.78 is 0. The first kappa shape index (κ1) is 10.6. The van der Waals surface area contributed by atoms with Gasteiger partial charge < -0.3 is 5.73 Å². The van der Waals surface area contributed by atoms with E-state index in [2.05, 4.69) is 52.7 Å². The molecule has 2 aliphatic carbocycles. The van der Waals surface area contributed by atoms with Crippen molar-refractivity contribution in [3.63, 3.8) is 0 Å². The molecule has 0 fully saturated rings. The lowest BCUT2D eigenvalue weighted by atomic mass is 9.78. The number of rotatable bonds is 1. The molecule has 2 unspecified atom stereocenters. The van der Waals surface area contributed by atoms with Crippen molar-refractivity contribution in [2.45, 2.75) is 0 Å². The van der Waals surface area contributed by atoms with Gasteiger partial charge in [-0.15, -0.1) is 5.10 Å². The second kappa shape index (κ2) is 4.37. The van der Waals surface area contributed by atoms with Crippen LogP contribution in [-0.2, 0) is 0 Å². The highest BCUT2D eigenvalue weighted by molar-refractivity contribution is 8.14. The summed E-state index contributed by atoms with van der Waals surface area (Å²) >= 11 is 1.55. The molecular formula is C13H13N3S. The Morgan fingerprint density at radius 2 is 1.94 bits per heavy atom. The maximum atomic E-state index is 5.61. The Balaban J connectivity index is 1.93. The molecule has 0 spiro atoms. The minimum Gasteiger partial charge on any atom is -0.377 e. The largest absolute Gasteiger partial charge is 0.377 e. The molecule has 3 nitrogen and oxygen atoms in total. The van der Waals surface area contributed by atoms with Gasteiger partial charge in [0.05, 0.1) is 5.71 Å². The van der Waals surface area contributed by atoms with E-state index in [-0.39, 0.29) is 0 Å². The summed E-state index contributed by atoms with van der Waals surface area (Å²) in [6.45, 7) is 0. The average Bonchev–Trinajstić information content (AvgIpc) is 2.39. The standard InChI is InChI=1S/C13H13N3S/c14-13-16-15-12(8-17-13)11-7-3-5-9-4-1-2-6-10(9)11/h1-7,9-10H,8H2,(H2,14,16). The van der Waals surface area contributed by atoms with Crippen LogP contribution in [0.25, 0.3) is 0 Å². The van der Waals surface area contributed by atoms with Gasteiger partial charge in [0.2, 0.25) is 0 Å². The molecule has 0 aromatic carbocycles. The van der Waals surface area contributed by atoms with Crippen LogP contribution in [0, 0.1) is 11.8 Å². The molecule has 0 saturated heterocycles. The van der Waals surface area contributed by atoms with Crippen LogP contribution in [0.3, 0.4) is 0 Å². The second-order valence-corrected chi connectivity index (χ2v) is 5.15. The van der Waals surface area contributed by atoms with Crippen molar-refractivity contribution in [2.24, 2.45) is 27.8 Å². The second-order valence-electron chi connectivity index (χ2n) is 4.15. The number of hydrogen-bond acceptors (Lipinski definition) is 4. The number of thioether (sulfide) groups is 1. The lowest BCUT2D eigenvalue weighted by Crippen LogP contribution is -2.25. The highest BCUT2D eigenvalue weighted by Crippen LogP contribution is 2.33. The van der Waals surface area contributed by atoms with E-state index in [4.69, 9.17) is 5.73 Å². The van der Waals surface area contributed by atoms with Gasteiger partial charge in [0.25, 0.3) is 0 Å². The Hall–Kier alpha value is -1.55. The quantitative estimate of drug-likeness (QED) is 0.768. The smallest absolute Gasteiger partial charge is 0.180 e. The maximum absolute atomic E-state index is 5.61. The summed E-state index contributed by atoms with van der Waals surface area (Å²) in [4.78, 5) is 0. The summed E-state index contributed by atoms with van der Waals surface area (Å²) in [5.74, 6) is 1.67. The number of fused-ring (bicyclic) bond motifs is 1. The molecular weight excluding hydrogens is 230 g/mol. The van der Waals surface area contributed by atoms with Crippen molar-refractivity contribution in [2.75, 3.05) is 5.75 Å². The normalized spacial score (nSPS) is 30.5. The lowest BCUT2D eigenvalue weighted by Gasteiger charge is -2.28. The van der Waals surface area contributed by atoms with Crippen LogP contribution in [0.2, 0.25) is 0 Å². The van der Waals surface area contributed by atoms with E-state index < -0.39 is 0 Å². The van der Waals surface area contributed by atoms with Crippen LogP contribution in [0.4, 0.5) is 0 Å². The van der Waals surface area contributed by atoms with Crippen molar-refractivity contribution in [3.05, 3.63) is 48.1 Å². The molecule has 3 rings (SSSR count). The maximum Gasteiger partial charge on any atom is 0.180 e. The van der Waals surface area contributed by atoms with Crippen molar-refractivity contribution < 1.29 is 0 Å². The fourth-order valence-electron chi connectivity index (χ4n) is 2.26. The van der Waals surface area contributed by atoms with Crippen molar-refractivity contribution in [3.8, 4) is 0 Å². The molecule has 17 heavy (non-hydrogen) atoms. The third-order valence-corrected chi connectivity index (χ3v) is 3.90. The van der Waals surface area contributed by atoms with Gasteiger partial charge in [0.15, 0.2) is 5.17 Å². The monoisotopic (exact) mass is 243 g/mol. The molecule has 2 atom stereocenters. The van der Waals surface area contributed by atoms with Crippen LogP contribution in [0.15, 0.2) is 58.3 Å². The molecule has 0 radical (unpaired) electrons. The van der Waals surface area contributed by atoms with Crippen LogP contribution in [0.1, 0.15) is 0 Å². The van der Waals surface area contributed by atoms with Gasteiger partial charge in [-0.3, -0.25) is 0 Å². The Labute approximate surface area is 105 Å². The Morgan fingerprint density at radius 1 is 1.12 bits per heavy atom. The molecule has 0 bridgehead atoms. The first-order valence-electron chi connectivity index (χ1n) is 5.61. The predicted octanol–water partition coefficient (Wildman–Crippen LogP) is 2.26. The van der Waals surface area contributed by atoms with Gasteiger partial charge in [-0.05, 0) is 5.57 Å². The third-order valence-electron chi connectivity index (χ3n) is 3.11. The van der Waals surface area contributed by atoms with Crippen LogP contribution >= 0.6 is 11.8 Å². The van der Waals surface area contributed by atoms with Gasteiger partial charge >= 0.3 is 0 Å². The van der Waals surface area contributed by atoms with E-state index in [1.165, 1.54) is 5.57 Å². The molecule has 0 saturated carbocycles. The van der Waals surface area contributed by atoms with Crippen LogP contribution in [0.5, 0.6) is 0 Å². The first-order chi connectivity index (χ1) is 8.34. The molecule has 1 aliphatic heterocycles. The summed E-state index contributed by atoms with van der Waals surface area (Å²) in [6, 6.07) is 0. The molecule has 86 valence electrons. The number of hydrogen-bond donors (Lipinski definition) is 1. The van der Waals surface area contributed by atoms with Gasteiger partial charge in [-0.1, -0.05) is 54.3 Å². The molecule has 2 N–H and O–H groups in total. The predicted molar refractivity (Wildman–Crippen MR) is 74.0 cm³/mol. The summed E-state index contributed by atoms with van der Waals surface area (Å²) in [5.41, 5.74) is 7.92. The minimum atomic E-state index is 0.402. The molecule has 0 aromatic heterocycles. The van der Waals surface area contributed by atoms with E-state index >= 15 is 0 Å². The average molecular weight is 243 g/mol. The fourth-order valence-corrected chi connectivity index (χ4v) is 2.86. The van der Waals surface area contributed by atoms with Gasteiger partial charge in [0, 0.05) is 17.6 Å². The van der Waals surface area contributed by atoms with Crippen molar-refractivity contribution in [1.82, 2.24) is 0 Å². The summed E-state index contributed by atoms with van der Waals surface area (Å²) in [6.07, 6.45) is 15.1. The van der Waals surface area contributed by atoms with Crippen molar-refractivity contribution in [1.29, 1.82) is 0 Å². The van der Waals surface area contributed by atoms with Crippen LogP contribution in [-0.4, -0.2) is 16.6 Å². The SMILES string of the molecule is NC1=NN=C(C2=CC=CC3C=CC=CC23)CS1. The third kappa shape index (κ3) is 2.00. The summed E-state index contributed by atoms with van der Waals surface area (Å²) in [5, 5.41) is 8.74. The minimum absolute atomic E-state index is 0.402. The Morgan fingerprint density at radius 3 is 2.76 bits per heavy atom. The Bertz CT molecular complexity index is 509. The van der Waals surface area contributed by atoms with E-state index in [0.717, 1.165) is 11.5 Å². The zero-order valence-electron chi connectivity index (χ0n) is 9.28. The number of nitrogens with zero attached hydrogens (tertiary/aromatic N) is 2. The highest BCUT2D eigenvalue weighted by Gasteiger charge is 2.26. The molecule has 1 heterocycles. The first-order valence-corrected chi connectivity index (χ1v) is 6.60. The van der Waals surface area contributed by atoms with E-state index in [1.807, 2.05) is 0 Å². The van der Waals surface area contributed by atoms with Gasteiger partial charge in [0.1, 0.15) is 0 Å². The lowest BCUT2D eigenvalue weighted by molar-refractivity contribution is 0.642. The molecule has 0 amide bonds. The number of allylic oxidation sites excluding steroid dienone is 8.